The molecule has 2 N–H and O–H groups in total. The van der Waals surface area contributed by atoms with E-state index in [1.165, 1.54) is 12.1 Å². The van der Waals surface area contributed by atoms with E-state index in [-0.39, 0.29) is 5.82 Å². The molecular weight excluding hydrogens is 321 g/mol. The minimum atomic E-state index is -0.350. The van der Waals surface area contributed by atoms with Gasteiger partial charge in [-0.1, -0.05) is 11.6 Å². The second kappa shape index (κ2) is 5.38. The molecule has 0 amide bonds. The first-order chi connectivity index (χ1) is 8.54. The van der Waals surface area contributed by atoms with Crippen molar-refractivity contribution in [1.82, 2.24) is 9.78 Å². The van der Waals surface area contributed by atoms with Gasteiger partial charge in [-0.2, -0.15) is 5.10 Å². The summed E-state index contributed by atoms with van der Waals surface area (Å²) >= 11 is 9.34. The van der Waals surface area contributed by atoms with Crippen molar-refractivity contribution in [3.05, 3.63) is 39.2 Å². The summed E-state index contributed by atoms with van der Waals surface area (Å²) in [6.45, 7) is 0.510. The van der Waals surface area contributed by atoms with Gasteiger partial charge in [0.05, 0.1) is 10.2 Å². The molecule has 0 bridgehead atoms. The minimum absolute atomic E-state index is 0.350. The lowest BCUT2D eigenvalue weighted by Gasteiger charge is -2.01. The molecule has 1 heterocycles. The highest BCUT2D eigenvalue weighted by molar-refractivity contribution is 9.10. The van der Waals surface area contributed by atoms with Crippen LogP contribution in [0.15, 0.2) is 22.7 Å². The van der Waals surface area contributed by atoms with E-state index in [0.717, 1.165) is 10.2 Å². The molecule has 2 aromatic rings. The Morgan fingerprint density at radius 1 is 1.50 bits per heavy atom. The third-order valence-electron chi connectivity index (χ3n) is 2.67. The summed E-state index contributed by atoms with van der Waals surface area (Å²) in [6.07, 6.45) is 0.673. The van der Waals surface area contributed by atoms with Crippen molar-refractivity contribution in [2.75, 3.05) is 6.54 Å². The first-order valence-corrected chi connectivity index (χ1v) is 6.58. The van der Waals surface area contributed by atoms with Gasteiger partial charge in [0.1, 0.15) is 11.5 Å². The summed E-state index contributed by atoms with van der Waals surface area (Å²) in [5.41, 5.74) is 7.41. The van der Waals surface area contributed by atoms with Gasteiger partial charge in [-0.3, -0.25) is 4.68 Å². The molecule has 0 aliphatic heterocycles. The average molecular weight is 333 g/mol. The van der Waals surface area contributed by atoms with Crippen LogP contribution in [0, 0.1) is 5.82 Å². The summed E-state index contributed by atoms with van der Waals surface area (Å²) in [5, 5.41) is 4.79. The molecule has 18 heavy (non-hydrogen) atoms. The molecule has 2 rings (SSSR count). The molecule has 0 atom stereocenters. The van der Waals surface area contributed by atoms with Crippen molar-refractivity contribution in [3.8, 4) is 11.3 Å². The Morgan fingerprint density at radius 2 is 2.22 bits per heavy atom. The lowest BCUT2D eigenvalue weighted by Crippen LogP contribution is -2.07. The number of hydrogen-bond acceptors (Lipinski definition) is 2. The highest BCUT2D eigenvalue weighted by Crippen LogP contribution is 2.33. The van der Waals surface area contributed by atoms with Gasteiger partial charge in [0.2, 0.25) is 0 Å². The van der Waals surface area contributed by atoms with Crippen LogP contribution in [-0.2, 0) is 13.5 Å². The molecular formula is C12H12BrClFN3. The van der Waals surface area contributed by atoms with Crippen LogP contribution in [0.4, 0.5) is 4.39 Å². The van der Waals surface area contributed by atoms with E-state index in [1.807, 2.05) is 7.05 Å². The summed E-state index contributed by atoms with van der Waals surface area (Å²) in [5.74, 6) is -0.350. The second-order valence-corrected chi connectivity index (χ2v) is 5.13. The van der Waals surface area contributed by atoms with Gasteiger partial charge in [-0.05, 0) is 40.7 Å². The molecule has 96 valence electrons. The van der Waals surface area contributed by atoms with Crippen molar-refractivity contribution in [3.63, 3.8) is 0 Å². The summed E-state index contributed by atoms with van der Waals surface area (Å²) < 4.78 is 16.3. The maximum absolute atomic E-state index is 13.8. The topological polar surface area (TPSA) is 43.8 Å². The van der Waals surface area contributed by atoms with E-state index in [4.69, 9.17) is 17.3 Å². The number of halogens is 3. The van der Waals surface area contributed by atoms with Crippen molar-refractivity contribution >= 4 is 27.5 Å². The van der Waals surface area contributed by atoms with E-state index in [2.05, 4.69) is 21.0 Å². The van der Waals surface area contributed by atoms with Crippen LogP contribution in [0.25, 0.3) is 11.3 Å². The van der Waals surface area contributed by atoms with Gasteiger partial charge in [0.15, 0.2) is 0 Å². The number of hydrogen-bond donors (Lipinski definition) is 1. The van der Waals surface area contributed by atoms with Crippen LogP contribution in [0.5, 0.6) is 0 Å². The van der Waals surface area contributed by atoms with Crippen LogP contribution in [-0.4, -0.2) is 16.3 Å². The molecule has 0 saturated carbocycles. The number of rotatable bonds is 3. The molecule has 1 aromatic heterocycles. The van der Waals surface area contributed by atoms with Crippen molar-refractivity contribution in [2.45, 2.75) is 6.42 Å². The quantitative estimate of drug-likeness (QED) is 0.938. The third kappa shape index (κ3) is 2.43. The molecule has 0 unspecified atom stereocenters. The van der Waals surface area contributed by atoms with Gasteiger partial charge in [-0.25, -0.2) is 4.39 Å². The second-order valence-electron chi connectivity index (χ2n) is 3.90. The maximum Gasteiger partial charge on any atom is 0.132 e. The highest BCUT2D eigenvalue weighted by Gasteiger charge is 2.17. The monoisotopic (exact) mass is 331 g/mol. The largest absolute Gasteiger partial charge is 0.330 e. The lowest BCUT2D eigenvalue weighted by molar-refractivity contribution is 0.629. The lowest BCUT2D eigenvalue weighted by atomic mass is 10.1. The van der Waals surface area contributed by atoms with E-state index < -0.39 is 0 Å². The predicted molar refractivity (Wildman–Crippen MR) is 74.1 cm³/mol. The Kier molecular flexibility index (Phi) is 4.04. The first-order valence-electron chi connectivity index (χ1n) is 5.41. The minimum Gasteiger partial charge on any atom is -0.330 e. The highest BCUT2D eigenvalue weighted by atomic mass is 79.9. The van der Waals surface area contributed by atoms with E-state index in [9.17, 15) is 4.39 Å². The summed E-state index contributed by atoms with van der Waals surface area (Å²) in [6, 6.07) is 4.41. The predicted octanol–water partition coefficient (Wildman–Crippen LogP) is 3.14. The summed E-state index contributed by atoms with van der Waals surface area (Å²) in [7, 11) is 1.81. The molecule has 0 spiro atoms. The molecule has 0 saturated heterocycles. The zero-order valence-corrected chi connectivity index (χ0v) is 12.1. The zero-order chi connectivity index (χ0) is 13.3. The molecule has 0 aliphatic rings. The van der Waals surface area contributed by atoms with Crippen molar-refractivity contribution in [2.24, 2.45) is 12.8 Å². The summed E-state index contributed by atoms with van der Waals surface area (Å²) in [4.78, 5) is 0. The van der Waals surface area contributed by atoms with Crippen molar-refractivity contribution in [1.29, 1.82) is 0 Å². The van der Waals surface area contributed by atoms with Crippen LogP contribution in [0.3, 0.4) is 0 Å². The smallest absolute Gasteiger partial charge is 0.132 e. The molecule has 1 aromatic carbocycles. The number of nitrogens with zero attached hydrogens (tertiary/aromatic N) is 2. The van der Waals surface area contributed by atoms with E-state index >= 15 is 0 Å². The Balaban J connectivity index is 2.57. The van der Waals surface area contributed by atoms with Crippen LogP contribution in [0.2, 0.25) is 5.02 Å². The Hall–Kier alpha value is -0.910. The Bertz CT molecular complexity index is 583. The van der Waals surface area contributed by atoms with E-state index in [1.54, 1.807) is 10.7 Å². The third-order valence-corrected chi connectivity index (χ3v) is 3.73. The van der Waals surface area contributed by atoms with Crippen LogP contribution < -0.4 is 5.73 Å². The van der Waals surface area contributed by atoms with Crippen molar-refractivity contribution < 1.29 is 4.39 Å². The van der Waals surface area contributed by atoms with Gasteiger partial charge in [-0.15, -0.1) is 0 Å². The normalized spacial score (nSPS) is 10.9. The standard InChI is InChI=1S/C12H12BrClFN3/c1-18-10(4-5-16)11(13)12(17-18)8-6-7(14)2-3-9(8)15/h2-3,6H,4-5,16H2,1H3. The van der Waals surface area contributed by atoms with Crippen LogP contribution in [0.1, 0.15) is 5.69 Å². The average Bonchev–Trinajstić information content (AvgIpc) is 2.61. The fraction of sp³-hybridized carbons (Fsp3) is 0.250. The SMILES string of the molecule is Cn1nc(-c2cc(Cl)ccc2F)c(Br)c1CCN. The van der Waals surface area contributed by atoms with Crippen LogP contribution >= 0.6 is 27.5 Å². The first kappa shape index (κ1) is 13.5. The van der Waals surface area contributed by atoms with Gasteiger partial charge in [0, 0.05) is 24.1 Å². The van der Waals surface area contributed by atoms with Gasteiger partial charge in [0.25, 0.3) is 0 Å². The molecule has 0 aliphatic carbocycles. The number of aromatic nitrogens is 2. The Morgan fingerprint density at radius 3 is 2.89 bits per heavy atom. The van der Waals surface area contributed by atoms with Gasteiger partial charge >= 0.3 is 0 Å². The maximum atomic E-state index is 13.8. The molecule has 6 heteroatoms. The Labute approximate surface area is 118 Å². The fourth-order valence-corrected chi connectivity index (χ4v) is 2.71. The number of aryl methyl sites for hydroxylation is 1. The molecule has 0 radical (unpaired) electrons. The fourth-order valence-electron chi connectivity index (χ4n) is 1.79. The zero-order valence-electron chi connectivity index (χ0n) is 9.75. The number of nitrogens with two attached hydrogens (primary N) is 1. The molecule has 0 fully saturated rings. The van der Waals surface area contributed by atoms with E-state index in [0.29, 0.717) is 29.2 Å². The molecule has 3 nitrogen and oxygen atoms in total. The van der Waals surface area contributed by atoms with Gasteiger partial charge < -0.3 is 5.73 Å². The number of benzene rings is 1.